The van der Waals surface area contributed by atoms with Crippen molar-refractivity contribution in [3.63, 3.8) is 0 Å². The smallest absolute Gasteiger partial charge is 0.262 e. The van der Waals surface area contributed by atoms with Gasteiger partial charge >= 0.3 is 0 Å². The number of nitrogens with zero attached hydrogens (tertiary/aromatic N) is 3. The van der Waals surface area contributed by atoms with Crippen LogP contribution < -0.4 is 5.56 Å². The van der Waals surface area contributed by atoms with Gasteiger partial charge in [0.1, 0.15) is 5.52 Å². The summed E-state index contributed by atoms with van der Waals surface area (Å²) in [6.07, 6.45) is 0.858. The van der Waals surface area contributed by atoms with Crippen LogP contribution in [0.2, 0.25) is 0 Å². The maximum absolute atomic E-state index is 13.0. The molecular weight excluding hydrogens is 346 g/mol. The third-order valence-corrected chi connectivity index (χ3v) is 5.41. The van der Waals surface area contributed by atoms with E-state index in [2.05, 4.69) is 11.9 Å². The van der Waals surface area contributed by atoms with Crippen molar-refractivity contribution in [1.29, 1.82) is 0 Å². The van der Waals surface area contributed by atoms with E-state index in [0.717, 1.165) is 23.0 Å². The highest BCUT2D eigenvalue weighted by Crippen LogP contribution is 2.26. The molecule has 0 unspecified atom stereocenters. The van der Waals surface area contributed by atoms with Crippen molar-refractivity contribution in [2.75, 3.05) is 0 Å². The van der Waals surface area contributed by atoms with Crippen molar-refractivity contribution in [1.82, 2.24) is 14.5 Å². The molecule has 0 amide bonds. The topological polar surface area (TPSA) is 60.9 Å². The van der Waals surface area contributed by atoms with E-state index in [0.29, 0.717) is 22.2 Å². The molecule has 0 fully saturated rings. The molecule has 132 valence electrons. The lowest BCUT2D eigenvalue weighted by atomic mass is 10.2. The lowest BCUT2D eigenvalue weighted by molar-refractivity contribution is 0.467. The van der Waals surface area contributed by atoms with E-state index in [1.165, 1.54) is 11.8 Å². The van der Waals surface area contributed by atoms with Gasteiger partial charge < -0.3 is 4.42 Å². The summed E-state index contributed by atoms with van der Waals surface area (Å²) in [5.74, 6) is 1.16. The van der Waals surface area contributed by atoms with Crippen LogP contribution in [0.3, 0.4) is 0 Å². The quantitative estimate of drug-likeness (QED) is 0.375. The number of thioether (sulfide) groups is 1. The Labute approximate surface area is 155 Å². The van der Waals surface area contributed by atoms with Crippen molar-refractivity contribution in [2.24, 2.45) is 0 Å². The monoisotopic (exact) mass is 365 g/mol. The summed E-state index contributed by atoms with van der Waals surface area (Å²) in [6.45, 7) is 4.11. The van der Waals surface area contributed by atoms with Crippen molar-refractivity contribution in [2.45, 2.75) is 37.2 Å². The van der Waals surface area contributed by atoms with E-state index in [-0.39, 0.29) is 11.6 Å². The first-order valence-corrected chi connectivity index (χ1v) is 9.64. The van der Waals surface area contributed by atoms with Gasteiger partial charge in [0.05, 0.1) is 16.7 Å². The fraction of sp³-hybridized carbons (Fsp3) is 0.250. The largest absolute Gasteiger partial charge is 0.440 e. The molecule has 1 atom stereocenters. The number of hydrogen-bond donors (Lipinski definition) is 0. The molecule has 4 aromatic rings. The van der Waals surface area contributed by atoms with E-state index in [9.17, 15) is 4.79 Å². The Balaban J connectivity index is 1.73. The highest BCUT2D eigenvalue weighted by molar-refractivity contribution is 7.98. The first kappa shape index (κ1) is 16.8. The zero-order chi connectivity index (χ0) is 18.1. The molecule has 0 saturated heterocycles. The van der Waals surface area contributed by atoms with Crippen LogP contribution in [-0.4, -0.2) is 14.5 Å². The second-order valence-corrected chi connectivity index (χ2v) is 7.15. The molecule has 0 radical (unpaired) electrons. The maximum atomic E-state index is 13.0. The van der Waals surface area contributed by atoms with Crippen molar-refractivity contribution < 1.29 is 4.42 Å². The summed E-state index contributed by atoms with van der Waals surface area (Å²) in [5.41, 5.74) is 2.34. The average molecular weight is 365 g/mol. The lowest BCUT2D eigenvalue weighted by Gasteiger charge is -2.17. The van der Waals surface area contributed by atoms with Gasteiger partial charge in [-0.15, -0.1) is 0 Å². The van der Waals surface area contributed by atoms with Gasteiger partial charge in [-0.3, -0.25) is 9.36 Å². The summed E-state index contributed by atoms with van der Waals surface area (Å²) in [5, 5.41) is 1.35. The highest BCUT2D eigenvalue weighted by Gasteiger charge is 2.16. The van der Waals surface area contributed by atoms with E-state index in [1.807, 2.05) is 55.5 Å². The van der Waals surface area contributed by atoms with Gasteiger partial charge in [-0.05, 0) is 37.6 Å². The second-order valence-electron chi connectivity index (χ2n) is 6.21. The molecule has 2 heterocycles. The van der Waals surface area contributed by atoms with Gasteiger partial charge in [0, 0.05) is 6.04 Å². The van der Waals surface area contributed by atoms with Crippen molar-refractivity contribution >= 4 is 33.8 Å². The van der Waals surface area contributed by atoms with E-state index < -0.39 is 0 Å². The van der Waals surface area contributed by atoms with Crippen LogP contribution in [0.15, 0.2) is 62.9 Å². The fourth-order valence-electron chi connectivity index (χ4n) is 2.91. The van der Waals surface area contributed by atoms with Crippen LogP contribution in [-0.2, 0) is 5.75 Å². The molecule has 26 heavy (non-hydrogen) atoms. The Bertz CT molecular complexity index is 1100. The molecule has 0 aliphatic rings. The SMILES string of the molecule is CC[C@@H](C)n1c(SCc2nc3ccccc3o2)nc2ccccc2c1=O. The summed E-state index contributed by atoms with van der Waals surface area (Å²) in [4.78, 5) is 22.2. The van der Waals surface area contributed by atoms with Crippen LogP contribution in [0, 0.1) is 0 Å². The summed E-state index contributed by atoms with van der Waals surface area (Å²) in [7, 11) is 0. The molecule has 4 rings (SSSR count). The standard InChI is InChI=1S/C20H19N3O2S/c1-3-13(2)23-19(24)14-8-4-5-9-15(14)22-20(23)26-12-18-21-16-10-6-7-11-17(16)25-18/h4-11,13H,3,12H2,1-2H3/t13-/m1/s1. The van der Waals surface area contributed by atoms with Crippen molar-refractivity contribution in [3.05, 3.63) is 64.8 Å². The van der Waals surface area contributed by atoms with Crippen LogP contribution in [0.5, 0.6) is 0 Å². The normalized spacial score (nSPS) is 12.7. The molecule has 0 aliphatic heterocycles. The number of hydrogen-bond acceptors (Lipinski definition) is 5. The minimum atomic E-state index is 0.00464. The molecule has 6 heteroatoms. The Kier molecular flexibility index (Phi) is 4.51. The zero-order valence-corrected chi connectivity index (χ0v) is 15.5. The fourth-order valence-corrected chi connectivity index (χ4v) is 3.85. The predicted octanol–water partition coefficient (Wildman–Crippen LogP) is 4.80. The Hall–Kier alpha value is -2.60. The highest BCUT2D eigenvalue weighted by atomic mass is 32.2. The number of benzene rings is 2. The second kappa shape index (κ2) is 6.96. The van der Waals surface area contributed by atoms with Gasteiger partial charge in [-0.25, -0.2) is 9.97 Å². The Morgan fingerprint density at radius 2 is 1.81 bits per heavy atom. The predicted molar refractivity (Wildman–Crippen MR) is 105 cm³/mol. The zero-order valence-electron chi connectivity index (χ0n) is 14.7. The van der Waals surface area contributed by atoms with Gasteiger partial charge in [0.15, 0.2) is 10.7 Å². The first-order valence-electron chi connectivity index (χ1n) is 8.66. The minimum Gasteiger partial charge on any atom is -0.440 e. The first-order chi connectivity index (χ1) is 12.7. The van der Waals surface area contributed by atoms with Crippen LogP contribution in [0.4, 0.5) is 0 Å². The van der Waals surface area contributed by atoms with Crippen LogP contribution in [0.1, 0.15) is 32.2 Å². The van der Waals surface area contributed by atoms with Crippen LogP contribution >= 0.6 is 11.8 Å². The lowest BCUT2D eigenvalue weighted by Crippen LogP contribution is -2.26. The molecule has 0 saturated carbocycles. The van der Waals surface area contributed by atoms with E-state index in [1.54, 1.807) is 4.57 Å². The number of aromatic nitrogens is 3. The number of para-hydroxylation sites is 3. The number of fused-ring (bicyclic) bond motifs is 2. The maximum Gasteiger partial charge on any atom is 0.262 e. The van der Waals surface area contributed by atoms with Gasteiger partial charge in [-0.2, -0.15) is 0 Å². The van der Waals surface area contributed by atoms with Crippen LogP contribution in [0.25, 0.3) is 22.0 Å². The molecule has 0 spiro atoms. The average Bonchev–Trinajstić information content (AvgIpc) is 3.09. The summed E-state index contributed by atoms with van der Waals surface area (Å²) in [6, 6.07) is 15.2. The third kappa shape index (κ3) is 3.01. The molecule has 0 aliphatic carbocycles. The molecular formula is C20H19N3O2S. The molecule has 5 nitrogen and oxygen atoms in total. The summed E-state index contributed by atoms with van der Waals surface area (Å²) < 4.78 is 7.57. The minimum absolute atomic E-state index is 0.00464. The molecule has 0 N–H and O–H groups in total. The third-order valence-electron chi connectivity index (χ3n) is 4.47. The molecule has 0 bridgehead atoms. The molecule has 2 aromatic carbocycles. The number of oxazole rings is 1. The Morgan fingerprint density at radius 3 is 2.58 bits per heavy atom. The van der Waals surface area contributed by atoms with Gasteiger partial charge in [0.25, 0.3) is 5.56 Å². The van der Waals surface area contributed by atoms with Crippen molar-refractivity contribution in [3.8, 4) is 0 Å². The van der Waals surface area contributed by atoms with Gasteiger partial charge in [-0.1, -0.05) is 43.0 Å². The van der Waals surface area contributed by atoms with E-state index >= 15 is 0 Å². The number of rotatable bonds is 5. The molecule has 2 aromatic heterocycles. The van der Waals surface area contributed by atoms with Gasteiger partial charge in [0.2, 0.25) is 5.89 Å². The Morgan fingerprint density at radius 1 is 1.08 bits per heavy atom. The van der Waals surface area contributed by atoms with E-state index in [4.69, 9.17) is 9.40 Å². The summed E-state index contributed by atoms with van der Waals surface area (Å²) >= 11 is 1.48.